The maximum atomic E-state index is 11.4. The van der Waals surface area contributed by atoms with Crippen molar-refractivity contribution in [2.24, 2.45) is 5.41 Å². The monoisotopic (exact) mass is 283 g/mol. The predicted octanol–water partition coefficient (Wildman–Crippen LogP) is 2.89. The van der Waals surface area contributed by atoms with Gasteiger partial charge in [0.1, 0.15) is 5.82 Å². The van der Waals surface area contributed by atoms with Gasteiger partial charge in [-0.3, -0.25) is 4.79 Å². The van der Waals surface area contributed by atoms with Crippen LogP contribution in [0.15, 0.2) is 0 Å². The lowest BCUT2D eigenvalue weighted by molar-refractivity contribution is -0.147. The molecule has 1 aliphatic rings. The molecule has 0 aliphatic heterocycles. The van der Waals surface area contributed by atoms with Gasteiger partial charge in [-0.15, -0.1) is 0 Å². The minimum atomic E-state index is -0.733. The summed E-state index contributed by atoms with van der Waals surface area (Å²) in [6, 6.07) is -0.0641. The molecule has 1 saturated carbocycles. The first-order valence-electron chi connectivity index (χ1n) is 6.57. The van der Waals surface area contributed by atoms with Crippen LogP contribution in [0.2, 0.25) is 0 Å². The Morgan fingerprint density at radius 2 is 2.21 bits per heavy atom. The fraction of sp³-hybridized carbons (Fsp3) is 0.769. The quantitative estimate of drug-likeness (QED) is 0.892. The van der Waals surface area contributed by atoms with Crippen LogP contribution in [0.25, 0.3) is 0 Å². The summed E-state index contributed by atoms with van der Waals surface area (Å²) in [6.45, 7) is 8.01. The van der Waals surface area contributed by atoms with Crippen molar-refractivity contribution in [2.45, 2.75) is 58.4 Å². The van der Waals surface area contributed by atoms with Gasteiger partial charge in [0.05, 0.1) is 5.41 Å². The van der Waals surface area contributed by atoms with Crippen LogP contribution >= 0.6 is 11.5 Å². The van der Waals surface area contributed by atoms with E-state index in [4.69, 9.17) is 0 Å². The molecule has 2 rings (SSSR count). The van der Waals surface area contributed by atoms with Crippen LogP contribution in [0, 0.1) is 5.41 Å². The first kappa shape index (κ1) is 14.2. The van der Waals surface area contributed by atoms with Gasteiger partial charge in [0.15, 0.2) is 0 Å². The summed E-state index contributed by atoms with van der Waals surface area (Å²) >= 11 is 1.31. The summed E-state index contributed by atoms with van der Waals surface area (Å²) in [5.74, 6) is 0.0677. The molecule has 106 valence electrons. The molecule has 5 nitrogen and oxygen atoms in total. The van der Waals surface area contributed by atoms with E-state index in [1.165, 1.54) is 11.5 Å². The number of aliphatic carboxylic acids is 1. The predicted molar refractivity (Wildman–Crippen MR) is 75.6 cm³/mol. The Morgan fingerprint density at radius 3 is 2.74 bits per heavy atom. The minimum absolute atomic E-state index is 0.0641. The first-order chi connectivity index (χ1) is 8.73. The number of aromatic nitrogens is 2. The molecule has 1 aromatic heterocycles. The van der Waals surface area contributed by atoms with Crippen LogP contribution < -0.4 is 5.32 Å². The van der Waals surface area contributed by atoms with Gasteiger partial charge in [-0.1, -0.05) is 27.2 Å². The lowest BCUT2D eigenvalue weighted by atomic mass is 9.85. The van der Waals surface area contributed by atoms with E-state index in [1.54, 1.807) is 0 Å². The summed E-state index contributed by atoms with van der Waals surface area (Å²) in [5.41, 5.74) is -0.782. The number of carboxylic acid groups (broad SMARTS) is 1. The number of nitrogens with zero attached hydrogens (tertiary/aromatic N) is 2. The van der Waals surface area contributed by atoms with Gasteiger partial charge >= 0.3 is 5.97 Å². The van der Waals surface area contributed by atoms with E-state index in [0.29, 0.717) is 6.42 Å². The number of carbonyl (C=O) groups is 1. The Balaban J connectivity index is 2.13. The van der Waals surface area contributed by atoms with E-state index in [2.05, 4.69) is 35.4 Å². The second-order valence-corrected chi connectivity index (χ2v) is 7.24. The van der Waals surface area contributed by atoms with Crippen LogP contribution in [-0.4, -0.2) is 26.5 Å². The molecule has 0 bridgehead atoms. The third-order valence-corrected chi connectivity index (χ3v) is 4.49. The molecular weight excluding hydrogens is 262 g/mol. The highest BCUT2D eigenvalue weighted by atomic mass is 32.1. The minimum Gasteiger partial charge on any atom is -0.481 e. The number of hydrogen-bond donors (Lipinski definition) is 2. The molecule has 2 N–H and O–H groups in total. The van der Waals surface area contributed by atoms with Gasteiger partial charge < -0.3 is 10.4 Å². The van der Waals surface area contributed by atoms with Crippen LogP contribution in [-0.2, 0) is 10.2 Å². The van der Waals surface area contributed by atoms with Crippen molar-refractivity contribution in [1.29, 1.82) is 0 Å². The van der Waals surface area contributed by atoms with Crippen molar-refractivity contribution < 1.29 is 9.90 Å². The first-order valence-corrected chi connectivity index (χ1v) is 7.35. The van der Waals surface area contributed by atoms with Crippen LogP contribution in [0.3, 0.4) is 0 Å². The molecule has 1 fully saturated rings. The average molecular weight is 283 g/mol. The molecular formula is C13H21N3O2S. The van der Waals surface area contributed by atoms with Crippen LogP contribution in [0.4, 0.5) is 5.13 Å². The maximum absolute atomic E-state index is 11.4. The van der Waals surface area contributed by atoms with Gasteiger partial charge in [-0.25, -0.2) is 4.98 Å². The summed E-state index contributed by atoms with van der Waals surface area (Å²) in [7, 11) is 0. The van der Waals surface area contributed by atoms with Crippen LogP contribution in [0.5, 0.6) is 0 Å². The van der Waals surface area contributed by atoms with E-state index in [-0.39, 0.29) is 11.5 Å². The molecule has 1 aromatic rings. The van der Waals surface area contributed by atoms with E-state index in [1.807, 2.05) is 6.92 Å². The largest absolute Gasteiger partial charge is 0.481 e. The molecule has 2 atom stereocenters. The smallest absolute Gasteiger partial charge is 0.311 e. The van der Waals surface area contributed by atoms with Gasteiger partial charge in [0.2, 0.25) is 5.13 Å². The molecule has 2 unspecified atom stereocenters. The zero-order valence-electron chi connectivity index (χ0n) is 11.9. The number of anilines is 1. The normalized spacial score (nSPS) is 27.5. The van der Waals surface area contributed by atoms with Crippen LogP contribution in [0.1, 0.15) is 52.8 Å². The second-order valence-electron chi connectivity index (χ2n) is 6.48. The van der Waals surface area contributed by atoms with Gasteiger partial charge in [-0.2, -0.15) is 4.37 Å². The maximum Gasteiger partial charge on any atom is 0.311 e. The molecule has 0 amide bonds. The number of hydrogen-bond acceptors (Lipinski definition) is 5. The Kier molecular flexibility index (Phi) is 3.55. The number of nitrogens with one attached hydrogen (secondary N) is 1. The topological polar surface area (TPSA) is 75.1 Å². The lowest BCUT2D eigenvalue weighted by Gasteiger charge is -2.27. The molecule has 0 aromatic carbocycles. The highest BCUT2D eigenvalue weighted by molar-refractivity contribution is 7.09. The van der Waals surface area contributed by atoms with E-state index < -0.39 is 11.4 Å². The molecule has 6 heteroatoms. The van der Waals surface area contributed by atoms with Crippen molar-refractivity contribution >= 4 is 22.6 Å². The fourth-order valence-electron chi connectivity index (χ4n) is 2.39. The van der Waals surface area contributed by atoms with Crippen molar-refractivity contribution in [3.05, 3.63) is 5.82 Å². The Labute approximate surface area is 117 Å². The molecule has 0 radical (unpaired) electrons. The van der Waals surface area contributed by atoms with Crippen molar-refractivity contribution in [3.8, 4) is 0 Å². The Morgan fingerprint density at radius 1 is 1.53 bits per heavy atom. The standard InChI is InChI=1S/C13H21N3O2S/c1-12(2,3)9-15-11(19-16-9)14-8-6-5-7-13(8,4)10(17)18/h8H,5-7H2,1-4H3,(H,17,18)(H,14,15,16). The SMILES string of the molecule is CC(C)(C)c1nsc(NC2CCCC2(C)C(=O)O)n1. The zero-order valence-corrected chi connectivity index (χ0v) is 12.7. The van der Waals surface area contributed by atoms with E-state index in [0.717, 1.165) is 23.8 Å². The van der Waals surface area contributed by atoms with Crippen molar-refractivity contribution in [2.75, 3.05) is 5.32 Å². The molecule has 19 heavy (non-hydrogen) atoms. The average Bonchev–Trinajstić information content (AvgIpc) is 2.87. The van der Waals surface area contributed by atoms with Gasteiger partial charge in [0.25, 0.3) is 0 Å². The highest BCUT2D eigenvalue weighted by Gasteiger charge is 2.45. The molecule has 0 spiro atoms. The molecule has 1 heterocycles. The van der Waals surface area contributed by atoms with E-state index in [9.17, 15) is 9.90 Å². The molecule has 1 aliphatic carbocycles. The third kappa shape index (κ3) is 2.73. The highest BCUT2D eigenvalue weighted by Crippen LogP contribution is 2.40. The summed E-state index contributed by atoms with van der Waals surface area (Å²) < 4.78 is 4.34. The Bertz CT molecular complexity index is 480. The fourth-order valence-corrected chi connectivity index (χ4v) is 3.20. The second kappa shape index (κ2) is 4.74. The lowest BCUT2D eigenvalue weighted by Crippen LogP contribution is -2.40. The third-order valence-electron chi connectivity index (χ3n) is 3.84. The number of carboxylic acids is 1. The Hall–Kier alpha value is -1.17. The van der Waals surface area contributed by atoms with Crippen molar-refractivity contribution in [1.82, 2.24) is 9.36 Å². The van der Waals surface area contributed by atoms with E-state index >= 15 is 0 Å². The zero-order chi connectivity index (χ0) is 14.3. The van der Waals surface area contributed by atoms with Gasteiger partial charge in [0, 0.05) is 23.0 Å². The summed E-state index contributed by atoms with van der Waals surface area (Å²) in [5, 5.41) is 13.4. The van der Waals surface area contributed by atoms with Crippen molar-refractivity contribution in [3.63, 3.8) is 0 Å². The number of rotatable bonds is 3. The summed E-state index contributed by atoms with van der Waals surface area (Å²) in [4.78, 5) is 15.9. The van der Waals surface area contributed by atoms with Gasteiger partial charge in [-0.05, 0) is 19.8 Å². The summed E-state index contributed by atoms with van der Waals surface area (Å²) in [6.07, 6.45) is 2.52. The molecule has 0 saturated heterocycles.